The molecule has 0 fully saturated rings. The molecule has 6 nitrogen and oxygen atoms in total. The SMILES string of the molecule is C.C.CCC.CCC(C)C.O=C(O)O.O=C(O)O. The molecule has 116 valence electrons. The lowest BCUT2D eigenvalue weighted by Crippen LogP contribution is -1.81. The van der Waals surface area contributed by atoms with Gasteiger partial charge in [-0.2, -0.15) is 0 Å². The highest BCUT2D eigenvalue weighted by molar-refractivity contribution is 5.53. The van der Waals surface area contributed by atoms with E-state index in [2.05, 4.69) is 34.6 Å². The van der Waals surface area contributed by atoms with Crippen LogP contribution in [0.4, 0.5) is 9.59 Å². The van der Waals surface area contributed by atoms with Gasteiger partial charge in [-0.1, -0.05) is 62.3 Å². The van der Waals surface area contributed by atoms with Gasteiger partial charge >= 0.3 is 12.3 Å². The Morgan fingerprint density at radius 2 is 0.889 bits per heavy atom. The molecule has 0 aromatic carbocycles. The van der Waals surface area contributed by atoms with Gasteiger partial charge in [0.25, 0.3) is 0 Å². The highest BCUT2D eigenvalue weighted by Gasteiger charge is 1.80. The maximum absolute atomic E-state index is 8.56. The fraction of sp³-hybridized carbons (Fsp3) is 0.833. The molecule has 0 saturated carbocycles. The van der Waals surface area contributed by atoms with Gasteiger partial charge in [-0.15, -0.1) is 0 Å². The minimum atomic E-state index is -1.83. The van der Waals surface area contributed by atoms with Crippen LogP contribution < -0.4 is 0 Å². The maximum Gasteiger partial charge on any atom is 0.503 e. The average Bonchev–Trinajstić information content (AvgIpc) is 2.03. The van der Waals surface area contributed by atoms with Gasteiger partial charge < -0.3 is 20.4 Å². The van der Waals surface area contributed by atoms with Crippen molar-refractivity contribution in [3.63, 3.8) is 0 Å². The molecule has 0 atom stereocenters. The summed E-state index contributed by atoms with van der Waals surface area (Å²) in [5.74, 6) is 0.884. The second kappa shape index (κ2) is 36.1. The van der Waals surface area contributed by atoms with Crippen LogP contribution in [0.3, 0.4) is 0 Å². The van der Waals surface area contributed by atoms with Gasteiger partial charge in [-0.25, -0.2) is 9.59 Å². The van der Waals surface area contributed by atoms with Crippen LogP contribution >= 0.6 is 0 Å². The summed E-state index contributed by atoms with van der Waals surface area (Å²) in [6.45, 7) is 10.9. The molecule has 0 spiro atoms. The summed E-state index contributed by atoms with van der Waals surface area (Å²) in [6, 6.07) is 0. The van der Waals surface area contributed by atoms with Crippen LogP contribution in [0.15, 0.2) is 0 Å². The van der Waals surface area contributed by atoms with Crippen molar-refractivity contribution in [2.75, 3.05) is 0 Å². The fourth-order valence-electron chi connectivity index (χ4n) is 0. The van der Waals surface area contributed by atoms with E-state index in [1.54, 1.807) is 0 Å². The third-order valence-electron chi connectivity index (χ3n) is 0.816. The largest absolute Gasteiger partial charge is 0.503 e. The molecule has 0 rings (SSSR count). The molecule has 6 heteroatoms. The summed E-state index contributed by atoms with van der Waals surface area (Å²) in [6.07, 6.45) is -1.11. The summed E-state index contributed by atoms with van der Waals surface area (Å²) in [4.78, 5) is 17.1. The standard InChI is InChI=1S/C5H12.C3H8.2CH2O3.2CH4/c1-4-5(2)3;1-3-2;2*2-1(3)4;;/h5H,4H2,1-3H3;3H2,1-2H3;2*(H2,2,3,4);2*1H4. The number of hydrogen-bond donors (Lipinski definition) is 4. The Labute approximate surface area is 111 Å². The van der Waals surface area contributed by atoms with E-state index in [4.69, 9.17) is 30.0 Å². The van der Waals surface area contributed by atoms with Crippen LogP contribution in [0.1, 0.15) is 62.3 Å². The minimum absolute atomic E-state index is 0. The summed E-state index contributed by atoms with van der Waals surface area (Å²) in [7, 11) is 0. The van der Waals surface area contributed by atoms with Crippen LogP contribution in [0.2, 0.25) is 0 Å². The molecule has 0 unspecified atom stereocenters. The lowest BCUT2D eigenvalue weighted by atomic mass is 10.2. The van der Waals surface area contributed by atoms with E-state index in [0.29, 0.717) is 0 Å². The molecule has 0 aromatic rings. The minimum Gasteiger partial charge on any atom is -0.450 e. The molecule has 0 aliphatic heterocycles. The molecule has 0 heterocycles. The molecule has 0 aliphatic carbocycles. The van der Waals surface area contributed by atoms with Crippen molar-refractivity contribution in [1.29, 1.82) is 0 Å². The van der Waals surface area contributed by atoms with Crippen molar-refractivity contribution in [3.8, 4) is 0 Å². The lowest BCUT2D eigenvalue weighted by Gasteiger charge is -1.90. The van der Waals surface area contributed by atoms with Crippen molar-refractivity contribution < 1.29 is 30.0 Å². The molecule has 0 saturated heterocycles. The summed E-state index contributed by atoms with van der Waals surface area (Å²) in [5.41, 5.74) is 0. The summed E-state index contributed by atoms with van der Waals surface area (Å²) >= 11 is 0. The first-order valence-electron chi connectivity index (χ1n) is 4.99. The topological polar surface area (TPSA) is 115 Å². The second-order valence-corrected chi connectivity index (χ2v) is 3.07. The van der Waals surface area contributed by atoms with Crippen molar-refractivity contribution in [2.24, 2.45) is 5.92 Å². The summed E-state index contributed by atoms with van der Waals surface area (Å²) in [5, 5.41) is 27.9. The van der Waals surface area contributed by atoms with Crippen LogP contribution in [0, 0.1) is 5.92 Å². The van der Waals surface area contributed by atoms with Crippen LogP contribution in [0.25, 0.3) is 0 Å². The van der Waals surface area contributed by atoms with E-state index >= 15 is 0 Å². The smallest absolute Gasteiger partial charge is 0.450 e. The highest BCUT2D eigenvalue weighted by Crippen LogP contribution is 1.93. The number of carbonyl (C=O) groups is 2. The Morgan fingerprint density at radius 1 is 0.833 bits per heavy atom. The molecular weight excluding hydrogens is 240 g/mol. The van der Waals surface area contributed by atoms with Gasteiger partial charge in [-0.3, -0.25) is 0 Å². The van der Waals surface area contributed by atoms with Crippen molar-refractivity contribution in [3.05, 3.63) is 0 Å². The van der Waals surface area contributed by atoms with E-state index in [0.717, 1.165) is 5.92 Å². The van der Waals surface area contributed by atoms with E-state index < -0.39 is 12.3 Å². The predicted octanol–water partition coefficient (Wildman–Crippen LogP) is 5.19. The van der Waals surface area contributed by atoms with Gasteiger partial charge in [0, 0.05) is 0 Å². The Hall–Kier alpha value is -1.46. The monoisotopic (exact) mass is 272 g/mol. The molecule has 0 radical (unpaired) electrons. The first-order valence-corrected chi connectivity index (χ1v) is 4.99. The van der Waals surface area contributed by atoms with Crippen LogP contribution in [-0.4, -0.2) is 32.7 Å². The molecule has 18 heavy (non-hydrogen) atoms. The van der Waals surface area contributed by atoms with Crippen molar-refractivity contribution in [1.82, 2.24) is 0 Å². The molecule has 0 amide bonds. The van der Waals surface area contributed by atoms with E-state index in [1.807, 2.05) is 0 Å². The van der Waals surface area contributed by atoms with Crippen LogP contribution in [-0.2, 0) is 0 Å². The second-order valence-electron chi connectivity index (χ2n) is 3.07. The Bertz CT molecular complexity index is 126. The molecular formula is C12H32O6. The van der Waals surface area contributed by atoms with Crippen molar-refractivity contribution >= 4 is 12.3 Å². The maximum atomic E-state index is 8.56. The Kier molecular flexibility index (Phi) is 72.1. The first kappa shape index (κ1) is 36.0. The predicted molar refractivity (Wildman–Crippen MR) is 75.9 cm³/mol. The van der Waals surface area contributed by atoms with Gasteiger partial charge in [0.15, 0.2) is 0 Å². The van der Waals surface area contributed by atoms with E-state index in [1.165, 1.54) is 12.8 Å². The average molecular weight is 272 g/mol. The normalized spacial score (nSPS) is 6.33. The molecule has 4 N–H and O–H groups in total. The fourth-order valence-corrected chi connectivity index (χ4v) is 0. The first-order chi connectivity index (χ1) is 7.15. The van der Waals surface area contributed by atoms with Gasteiger partial charge in [0.1, 0.15) is 0 Å². The quantitative estimate of drug-likeness (QED) is 0.522. The zero-order chi connectivity index (χ0) is 14.1. The van der Waals surface area contributed by atoms with Gasteiger partial charge in [-0.05, 0) is 5.92 Å². The Morgan fingerprint density at radius 3 is 0.889 bits per heavy atom. The van der Waals surface area contributed by atoms with Gasteiger partial charge in [0.2, 0.25) is 0 Å². The number of rotatable bonds is 1. The zero-order valence-electron chi connectivity index (χ0n) is 10.6. The number of hydrogen-bond acceptors (Lipinski definition) is 2. The highest BCUT2D eigenvalue weighted by atomic mass is 16.6. The Balaban J connectivity index is -0.0000000261. The van der Waals surface area contributed by atoms with Crippen molar-refractivity contribution in [2.45, 2.75) is 62.3 Å². The van der Waals surface area contributed by atoms with Gasteiger partial charge in [0.05, 0.1) is 0 Å². The van der Waals surface area contributed by atoms with Crippen LogP contribution in [0.5, 0.6) is 0 Å². The summed E-state index contributed by atoms with van der Waals surface area (Å²) < 4.78 is 0. The third kappa shape index (κ3) is 9140. The third-order valence-corrected chi connectivity index (χ3v) is 0.816. The molecule has 0 aliphatic rings. The number of carboxylic acid groups (broad SMARTS) is 4. The van der Waals surface area contributed by atoms with E-state index in [-0.39, 0.29) is 14.9 Å². The lowest BCUT2D eigenvalue weighted by molar-refractivity contribution is 0.135. The molecule has 0 bridgehead atoms. The zero-order valence-corrected chi connectivity index (χ0v) is 10.6. The van der Waals surface area contributed by atoms with E-state index in [9.17, 15) is 0 Å². The molecule has 0 aromatic heterocycles.